The van der Waals surface area contributed by atoms with Crippen LogP contribution in [0.25, 0.3) is 0 Å². The van der Waals surface area contributed by atoms with Crippen molar-refractivity contribution in [1.29, 1.82) is 0 Å². The highest BCUT2D eigenvalue weighted by atomic mass is 19.3. The third-order valence-corrected chi connectivity index (χ3v) is 6.13. The van der Waals surface area contributed by atoms with Crippen LogP contribution in [0.3, 0.4) is 0 Å². The second-order valence-electron chi connectivity index (χ2n) is 7.99. The molecular weight excluding hydrogens is 390 g/mol. The first-order chi connectivity index (χ1) is 14.5. The quantitative estimate of drug-likeness (QED) is 0.774. The maximum atomic E-state index is 12.9. The molecule has 4 rings (SSSR count). The summed E-state index contributed by atoms with van der Waals surface area (Å²) in [6.45, 7) is 0.116. The molecule has 0 bridgehead atoms. The van der Waals surface area contributed by atoms with Gasteiger partial charge in [-0.3, -0.25) is 9.69 Å². The summed E-state index contributed by atoms with van der Waals surface area (Å²) in [5.74, 6) is 1.01. The Kier molecular flexibility index (Phi) is 6.18. The van der Waals surface area contributed by atoms with E-state index in [0.717, 1.165) is 37.9 Å². The average molecular weight is 416 g/mol. The molecule has 2 heterocycles. The summed E-state index contributed by atoms with van der Waals surface area (Å²) in [6, 6.07) is 13.8. The van der Waals surface area contributed by atoms with E-state index in [4.69, 9.17) is 0 Å². The molecule has 1 amide bonds. The number of piperidine rings is 1. The van der Waals surface area contributed by atoms with Crippen LogP contribution in [0.5, 0.6) is 11.5 Å². The van der Waals surface area contributed by atoms with Gasteiger partial charge in [-0.15, -0.1) is 0 Å². The molecular formula is C23H26F2N2O3. The number of carbonyl (C=O) groups is 1. The Morgan fingerprint density at radius 2 is 1.63 bits per heavy atom. The number of hydrogen-bond acceptors (Lipinski definition) is 4. The molecule has 160 valence electrons. The number of hydrogen-bond donors (Lipinski definition) is 1. The predicted octanol–water partition coefficient (Wildman–Crippen LogP) is 3.97. The predicted molar refractivity (Wildman–Crippen MR) is 109 cm³/mol. The van der Waals surface area contributed by atoms with Crippen molar-refractivity contribution in [2.75, 3.05) is 19.6 Å². The fraction of sp³-hybridized carbons (Fsp3) is 0.435. The van der Waals surface area contributed by atoms with Gasteiger partial charge in [0.25, 0.3) is 0 Å². The van der Waals surface area contributed by atoms with E-state index in [2.05, 4.69) is 9.64 Å². The lowest BCUT2D eigenvalue weighted by Crippen LogP contribution is -2.45. The summed E-state index contributed by atoms with van der Waals surface area (Å²) >= 11 is 0. The molecule has 0 saturated carbocycles. The molecule has 2 aliphatic rings. The Labute approximate surface area is 174 Å². The molecule has 0 radical (unpaired) electrons. The monoisotopic (exact) mass is 416 g/mol. The number of rotatable bonds is 6. The Morgan fingerprint density at radius 1 is 0.967 bits per heavy atom. The standard InChI is InChI=1S/C23H26F2N2O3/c24-23(25)30-20-7-1-16(2-8-20)15-27-14-11-21(22(27)29)26-12-9-18(10-13-26)17-3-5-19(28)6-4-17/h1-8,18,21,23,28H,9-15H2. The van der Waals surface area contributed by atoms with Crippen LogP contribution in [0.15, 0.2) is 48.5 Å². The Balaban J connectivity index is 1.30. The van der Waals surface area contributed by atoms with Crippen molar-refractivity contribution in [3.05, 3.63) is 59.7 Å². The van der Waals surface area contributed by atoms with Gasteiger partial charge < -0.3 is 14.7 Å². The van der Waals surface area contributed by atoms with E-state index in [1.54, 1.807) is 24.3 Å². The Bertz CT molecular complexity index is 850. The lowest BCUT2D eigenvalue weighted by atomic mass is 9.89. The first-order valence-electron chi connectivity index (χ1n) is 10.3. The first-order valence-corrected chi connectivity index (χ1v) is 10.3. The maximum Gasteiger partial charge on any atom is 0.387 e. The van der Waals surface area contributed by atoms with Gasteiger partial charge in [0.15, 0.2) is 0 Å². The maximum absolute atomic E-state index is 12.9. The zero-order chi connectivity index (χ0) is 21.1. The number of nitrogens with zero attached hydrogens (tertiary/aromatic N) is 2. The molecule has 2 aromatic carbocycles. The van der Waals surface area contributed by atoms with Crippen LogP contribution in [-0.4, -0.2) is 53.1 Å². The summed E-state index contributed by atoms with van der Waals surface area (Å²) in [4.78, 5) is 17.1. The number of phenolic OH excluding ortho intramolecular Hbond substituents is 1. The number of carbonyl (C=O) groups excluding carboxylic acids is 1. The minimum Gasteiger partial charge on any atom is -0.508 e. The SMILES string of the molecule is O=C1C(N2CCC(c3ccc(O)cc3)CC2)CCN1Cc1ccc(OC(F)F)cc1. The Hall–Kier alpha value is -2.67. The molecule has 2 saturated heterocycles. The van der Waals surface area contributed by atoms with Crippen LogP contribution in [0.4, 0.5) is 8.78 Å². The largest absolute Gasteiger partial charge is 0.508 e. The van der Waals surface area contributed by atoms with Crippen LogP contribution in [0.1, 0.15) is 36.3 Å². The summed E-state index contributed by atoms with van der Waals surface area (Å²) in [7, 11) is 0. The molecule has 1 unspecified atom stereocenters. The summed E-state index contributed by atoms with van der Waals surface area (Å²) in [5, 5.41) is 9.46. The number of alkyl halides is 2. The summed E-state index contributed by atoms with van der Waals surface area (Å²) in [5.41, 5.74) is 2.14. The lowest BCUT2D eigenvalue weighted by molar-refractivity contribution is -0.133. The number of halogens is 2. The molecule has 0 aliphatic carbocycles. The minimum absolute atomic E-state index is 0.0767. The normalized spacial score (nSPS) is 20.8. The van der Waals surface area contributed by atoms with Crippen molar-refractivity contribution >= 4 is 5.91 Å². The minimum atomic E-state index is -2.84. The number of benzene rings is 2. The highest BCUT2D eigenvalue weighted by Gasteiger charge is 2.37. The van der Waals surface area contributed by atoms with Crippen molar-refractivity contribution in [1.82, 2.24) is 9.80 Å². The van der Waals surface area contributed by atoms with Crippen molar-refractivity contribution in [2.45, 2.75) is 44.4 Å². The molecule has 30 heavy (non-hydrogen) atoms. The van der Waals surface area contributed by atoms with Gasteiger partial charge in [-0.25, -0.2) is 0 Å². The van der Waals surface area contributed by atoms with Crippen molar-refractivity contribution in [3.8, 4) is 11.5 Å². The van der Waals surface area contributed by atoms with Crippen molar-refractivity contribution < 1.29 is 23.4 Å². The number of phenols is 1. The molecule has 2 aromatic rings. The fourth-order valence-electron chi connectivity index (χ4n) is 4.51. The third kappa shape index (κ3) is 4.73. The van der Waals surface area contributed by atoms with Crippen LogP contribution in [0.2, 0.25) is 0 Å². The van der Waals surface area contributed by atoms with Gasteiger partial charge in [0, 0.05) is 13.1 Å². The smallest absolute Gasteiger partial charge is 0.387 e. The highest BCUT2D eigenvalue weighted by Crippen LogP contribution is 2.31. The number of aromatic hydroxyl groups is 1. The molecule has 5 nitrogen and oxygen atoms in total. The van der Waals surface area contributed by atoms with Gasteiger partial charge in [0.05, 0.1) is 6.04 Å². The second-order valence-corrected chi connectivity index (χ2v) is 7.99. The summed E-state index contributed by atoms with van der Waals surface area (Å²) in [6.07, 6.45) is 2.82. The van der Waals surface area contributed by atoms with Crippen molar-refractivity contribution in [3.63, 3.8) is 0 Å². The van der Waals surface area contributed by atoms with Crippen LogP contribution in [-0.2, 0) is 11.3 Å². The third-order valence-electron chi connectivity index (χ3n) is 6.13. The zero-order valence-electron chi connectivity index (χ0n) is 16.7. The lowest BCUT2D eigenvalue weighted by Gasteiger charge is -2.35. The molecule has 0 spiro atoms. The molecule has 2 fully saturated rings. The van der Waals surface area contributed by atoms with Gasteiger partial charge in [-0.1, -0.05) is 24.3 Å². The number of likely N-dealkylation sites (tertiary alicyclic amines) is 2. The first kappa shape index (κ1) is 20.6. The molecule has 0 aromatic heterocycles. The van der Waals surface area contributed by atoms with E-state index in [9.17, 15) is 18.7 Å². The molecule has 2 aliphatic heterocycles. The number of amides is 1. The van der Waals surface area contributed by atoms with E-state index >= 15 is 0 Å². The van der Waals surface area contributed by atoms with Crippen LogP contribution >= 0.6 is 0 Å². The summed E-state index contributed by atoms with van der Waals surface area (Å²) < 4.78 is 28.9. The second kappa shape index (κ2) is 9.00. The van der Waals surface area contributed by atoms with Gasteiger partial charge >= 0.3 is 6.61 Å². The van der Waals surface area contributed by atoms with E-state index in [-0.39, 0.29) is 23.4 Å². The zero-order valence-corrected chi connectivity index (χ0v) is 16.7. The van der Waals surface area contributed by atoms with Crippen molar-refractivity contribution in [2.24, 2.45) is 0 Å². The van der Waals surface area contributed by atoms with E-state index in [1.807, 2.05) is 17.0 Å². The highest BCUT2D eigenvalue weighted by molar-refractivity contribution is 5.84. The number of ether oxygens (including phenoxy) is 1. The van der Waals surface area contributed by atoms with Gasteiger partial charge in [-0.05, 0) is 73.7 Å². The van der Waals surface area contributed by atoms with E-state index in [1.165, 1.54) is 17.7 Å². The molecule has 7 heteroatoms. The molecule has 1 atom stereocenters. The Morgan fingerprint density at radius 3 is 2.27 bits per heavy atom. The van der Waals surface area contributed by atoms with E-state index < -0.39 is 6.61 Å². The fourth-order valence-corrected chi connectivity index (χ4v) is 4.51. The van der Waals surface area contributed by atoms with Crippen LogP contribution in [0, 0.1) is 0 Å². The van der Waals surface area contributed by atoms with Gasteiger partial charge in [0.1, 0.15) is 11.5 Å². The van der Waals surface area contributed by atoms with Gasteiger partial charge in [0.2, 0.25) is 5.91 Å². The topological polar surface area (TPSA) is 53.0 Å². The van der Waals surface area contributed by atoms with Gasteiger partial charge in [-0.2, -0.15) is 8.78 Å². The average Bonchev–Trinajstić information content (AvgIpc) is 3.10. The molecule has 1 N–H and O–H groups in total. The van der Waals surface area contributed by atoms with Crippen LogP contribution < -0.4 is 4.74 Å². The van der Waals surface area contributed by atoms with E-state index in [0.29, 0.717) is 19.0 Å².